The number of aryl methyl sites for hydroxylation is 1. The first kappa shape index (κ1) is 22.9. The Balaban J connectivity index is 1.08. The Hall–Kier alpha value is -3.88. The van der Waals surface area contributed by atoms with Gasteiger partial charge < -0.3 is 25.2 Å². The van der Waals surface area contributed by atoms with Gasteiger partial charge >= 0.3 is 17.9 Å². The fraction of sp³-hybridized carbons (Fsp3) is 0.385. The van der Waals surface area contributed by atoms with Gasteiger partial charge in [-0.15, -0.1) is 0 Å². The molecule has 3 heterocycles. The van der Waals surface area contributed by atoms with Crippen LogP contribution in [0, 0.1) is 5.92 Å². The second-order valence-corrected chi connectivity index (χ2v) is 9.24. The second-order valence-electron chi connectivity index (χ2n) is 9.24. The number of likely N-dealkylation sites (tertiary alicyclic amines) is 1. The molecule has 2 aromatic carbocycles. The average Bonchev–Trinajstić information content (AvgIpc) is 3.19. The molecule has 0 aliphatic carbocycles. The lowest BCUT2D eigenvalue weighted by Crippen LogP contribution is -2.44. The normalized spacial score (nSPS) is 17.1. The van der Waals surface area contributed by atoms with Crippen LogP contribution in [0.15, 0.2) is 42.5 Å². The summed E-state index contributed by atoms with van der Waals surface area (Å²) in [5, 5.41) is 5.40. The number of hydrogen-bond donors (Lipinski definition) is 2. The highest BCUT2D eigenvalue weighted by Gasteiger charge is 2.32. The zero-order valence-electron chi connectivity index (χ0n) is 19.4. The van der Waals surface area contributed by atoms with E-state index < -0.39 is 11.8 Å². The Labute approximate surface area is 203 Å². The molecule has 0 spiro atoms. The number of carbonyl (C=O) groups excluding carboxylic acids is 4. The molecule has 3 aliphatic rings. The van der Waals surface area contributed by atoms with Crippen molar-refractivity contribution < 1.29 is 23.9 Å². The van der Waals surface area contributed by atoms with Gasteiger partial charge in [-0.05, 0) is 67.0 Å². The van der Waals surface area contributed by atoms with Crippen molar-refractivity contribution in [1.29, 1.82) is 0 Å². The lowest BCUT2D eigenvalue weighted by Gasteiger charge is -2.31. The molecule has 9 nitrogen and oxygen atoms in total. The molecule has 35 heavy (non-hydrogen) atoms. The molecule has 2 aromatic rings. The number of para-hydroxylation sites is 1. The third kappa shape index (κ3) is 4.99. The van der Waals surface area contributed by atoms with Crippen molar-refractivity contribution in [3.8, 4) is 5.75 Å². The fourth-order valence-electron chi connectivity index (χ4n) is 5.03. The Morgan fingerprint density at radius 2 is 1.71 bits per heavy atom. The largest absolute Gasteiger partial charge is 0.415 e. The van der Waals surface area contributed by atoms with Gasteiger partial charge in [-0.1, -0.05) is 18.2 Å². The Bertz CT molecular complexity index is 1160. The number of nitrogens with zero attached hydrogens (tertiary/aromatic N) is 2. The number of amides is 4. The number of nitrogens with one attached hydrogen (secondary N) is 2. The van der Waals surface area contributed by atoms with Gasteiger partial charge in [-0.2, -0.15) is 0 Å². The van der Waals surface area contributed by atoms with Crippen LogP contribution >= 0.6 is 0 Å². The number of anilines is 2. The smallest absolute Gasteiger partial charge is 0.410 e. The van der Waals surface area contributed by atoms with E-state index in [1.807, 2.05) is 29.2 Å². The number of benzene rings is 2. The SMILES string of the molecule is O=C(NCC1CCN(C(=O)Oc2ccccc2)CC1)C(=O)Nc1cc2c3c(c1)CC(=O)N3CCC2. The molecule has 3 aliphatic heterocycles. The quantitative estimate of drug-likeness (QED) is 0.660. The summed E-state index contributed by atoms with van der Waals surface area (Å²) in [5.41, 5.74) is 3.46. The number of piperidine rings is 1. The van der Waals surface area contributed by atoms with Crippen LogP contribution in [0.4, 0.5) is 16.2 Å². The van der Waals surface area contributed by atoms with E-state index in [0.29, 0.717) is 50.3 Å². The van der Waals surface area contributed by atoms with Crippen molar-refractivity contribution in [2.45, 2.75) is 32.1 Å². The van der Waals surface area contributed by atoms with Gasteiger partial charge in [-0.25, -0.2) is 4.79 Å². The van der Waals surface area contributed by atoms with E-state index in [1.165, 1.54) is 0 Å². The minimum Gasteiger partial charge on any atom is -0.410 e. The Morgan fingerprint density at radius 3 is 2.49 bits per heavy atom. The predicted molar refractivity (Wildman–Crippen MR) is 129 cm³/mol. The highest BCUT2D eigenvalue weighted by molar-refractivity contribution is 6.39. The number of hydrogen-bond acceptors (Lipinski definition) is 5. The minimum atomic E-state index is -0.724. The van der Waals surface area contributed by atoms with Crippen molar-refractivity contribution in [2.75, 3.05) is 36.4 Å². The summed E-state index contributed by atoms with van der Waals surface area (Å²) < 4.78 is 5.38. The number of carbonyl (C=O) groups is 4. The molecule has 1 fully saturated rings. The van der Waals surface area contributed by atoms with Crippen molar-refractivity contribution in [1.82, 2.24) is 10.2 Å². The maximum Gasteiger partial charge on any atom is 0.415 e. The van der Waals surface area contributed by atoms with Gasteiger partial charge in [0.25, 0.3) is 0 Å². The van der Waals surface area contributed by atoms with Gasteiger partial charge in [0.2, 0.25) is 5.91 Å². The molecule has 2 N–H and O–H groups in total. The summed E-state index contributed by atoms with van der Waals surface area (Å²) in [6, 6.07) is 12.6. The van der Waals surface area contributed by atoms with Crippen LogP contribution in [-0.2, 0) is 27.2 Å². The lowest BCUT2D eigenvalue weighted by molar-refractivity contribution is -0.136. The second kappa shape index (κ2) is 9.77. The topological polar surface area (TPSA) is 108 Å². The zero-order chi connectivity index (χ0) is 24.4. The van der Waals surface area contributed by atoms with Crippen LogP contribution in [-0.4, -0.2) is 54.9 Å². The van der Waals surface area contributed by atoms with E-state index in [2.05, 4.69) is 10.6 Å². The van der Waals surface area contributed by atoms with E-state index in [1.54, 1.807) is 23.1 Å². The molecule has 0 aromatic heterocycles. The maximum absolute atomic E-state index is 12.5. The molecule has 5 rings (SSSR count). The van der Waals surface area contributed by atoms with E-state index in [0.717, 1.165) is 36.2 Å². The van der Waals surface area contributed by atoms with Crippen LogP contribution < -0.4 is 20.3 Å². The maximum atomic E-state index is 12.5. The molecule has 0 saturated carbocycles. The summed E-state index contributed by atoms with van der Waals surface area (Å²) in [6.45, 7) is 2.17. The van der Waals surface area contributed by atoms with Crippen molar-refractivity contribution in [2.24, 2.45) is 5.92 Å². The summed E-state index contributed by atoms with van der Waals surface area (Å²) >= 11 is 0. The molecular formula is C26H28N4O5. The van der Waals surface area contributed by atoms with E-state index >= 15 is 0 Å². The monoisotopic (exact) mass is 476 g/mol. The zero-order valence-corrected chi connectivity index (χ0v) is 19.4. The number of rotatable bonds is 4. The van der Waals surface area contributed by atoms with Crippen LogP contribution in [0.5, 0.6) is 5.75 Å². The third-order valence-electron chi connectivity index (χ3n) is 6.84. The van der Waals surface area contributed by atoms with Crippen molar-refractivity contribution >= 4 is 35.2 Å². The molecule has 0 radical (unpaired) electrons. The highest BCUT2D eigenvalue weighted by Crippen LogP contribution is 2.38. The first-order valence-corrected chi connectivity index (χ1v) is 12.0. The average molecular weight is 477 g/mol. The van der Waals surface area contributed by atoms with Gasteiger partial charge in [0.05, 0.1) is 12.1 Å². The predicted octanol–water partition coefficient (Wildman–Crippen LogP) is 2.49. The fourth-order valence-corrected chi connectivity index (χ4v) is 5.03. The van der Waals surface area contributed by atoms with Crippen LogP contribution in [0.1, 0.15) is 30.4 Å². The third-order valence-corrected chi connectivity index (χ3v) is 6.84. The van der Waals surface area contributed by atoms with Crippen LogP contribution in [0.3, 0.4) is 0 Å². The molecular weight excluding hydrogens is 448 g/mol. The van der Waals surface area contributed by atoms with E-state index in [9.17, 15) is 19.2 Å². The van der Waals surface area contributed by atoms with Crippen molar-refractivity contribution in [3.05, 3.63) is 53.6 Å². The Kier molecular flexibility index (Phi) is 6.39. The summed E-state index contributed by atoms with van der Waals surface area (Å²) in [7, 11) is 0. The lowest BCUT2D eigenvalue weighted by atomic mass is 9.97. The summed E-state index contributed by atoms with van der Waals surface area (Å²) in [6.07, 6.45) is 3.11. The van der Waals surface area contributed by atoms with Crippen LogP contribution in [0.2, 0.25) is 0 Å². The molecule has 9 heteroatoms. The summed E-state index contributed by atoms with van der Waals surface area (Å²) in [4.78, 5) is 52.9. The van der Waals surface area contributed by atoms with Crippen molar-refractivity contribution in [3.63, 3.8) is 0 Å². The molecule has 0 unspecified atom stereocenters. The molecule has 182 valence electrons. The first-order valence-electron chi connectivity index (χ1n) is 12.0. The highest BCUT2D eigenvalue weighted by atomic mass is 16.6. The summed E-state index contributed by atoms with van der Waals surface area (Å²) in [5.74, 6) is -0.647. The molecule has 1 saturated heterocycles. The molecule has 0 bridgehead atoms. The van der Waals surface area contributed by atoms with Gasteiger partial charge in [0.15, 0.2) is 0 Å². The minimum absolute atomic E-state index is 0.0848. The van der Waals surface area contributed by atoms with E-state index in [4.69, 9.17) is 4.74 Å². The van der Waals surface area contributed by atoms with Crippen LogP contribution in [0.25, 0.3) is 0 Å². The Morgan fingerprint density at radius 1 is 0.971 bits per heavy atom. The number of ether oxygens (including phenoxy) is 1. The standard InChI is InChI=1S/C26H28N4O5/c31-22-15-19-14-20(13-18-5-4-10-30(22)23(18)19)28-25(33)24(32)27-16-17-8-11-29(12-9-17)26(34)35-21-6-2-1-3-7-21/h1-3,6-7,13-14,17H,4-5,8-12,15-16H2,(H,27,32)(H,28,33). The molecule has 0 atom stereocenters. The van der Waals surface area contributed by atoms with E-state index in [-0.39, 0.29) is 17.9 Å². The molecule has 4 amide bonds. The van der Waals surface area contributed by atoms with Gasteiger partial charge in [-0.3, -0.25) is 14.4 Å². The van der Waals surface area contributed by atoms with Gasteiger partial charge in [0.1, 0.15) is 5.75 Å². The van der Waals surface area contributed by atoms with Gasteiger partial charge in [0, 0.05) is 31.9 Å². The first-order chi connectivity index (χ1) is 17.0.